The van der Waals surface area contributed by atoms with Gasteiger partial charge in [0.1, 0.15) is 18.7 Å². The fourth-order valence-corrected chi connectivity index (χ4v) is 3.63. The van der Waals surface area contributed by atoms with Crippen molar-refractivity contribution in [2.24, 2.45) is 7.05 Å². The molecule has 132 valence electrons. The second-order valence-electron chi connectivity index (χ2n) is 5.37. The van der Waals surface area contributed by atoms with Crippen molar-refractivity contribution >= 4 is 22.4 Å². The summed E-state index contributed by atoms with van der Waals surface area (Å²) in [6.45, 7) is 1.77. The molecule has 1 saturated heterocycles. The van der Waals surface area contributed by atoms with E-state index in [0.717, 1.165) is 13.0 Å². The Balaban J connectivity index is 0.00000208. The molecule has 3 rings (SSSR count). The smallest absolute Gasteiger partial charge is 0.240 e. The van der Waals surface area contributed by atoms with Crippen LogP contribution in [0.3, 0.4) is 0 Å². The molecule has 24 heavy (non-hydrogen) atoms. The summed E-state index contributed by atoms with van der Waals surface area (Å²) in [5, 5.41) is 7.09. The standard InChI is InChI=1S/C14H19N5O3S.ClH/c1-19-14(16-10-17-19)9-22-12-2-4-13(5-3-12)23(20,21)18-11-6-7-15-8-11;/h2-5,10-11,15,18H,6-9H2,1H3;1H. The molecule has 1 aliphatic rings. The van der Waals surface area contributed by atoms with Crippen LogP contribution in [0.1, 0.15) is 12.2 Å². The summed E-state index contributed by atoms with van der Waals surface area (Å²) in [5.41, 5.74) is 0. The van der Waals surface area contributed by atoms with Gasteiger partial charge in [0.25, 0.3) is 0 Å². The molecule has 10 heteroatoms. The molecule has 8 nitrogen and oxygen atoms in total. The number of hydrogen-bond acceptors (Lipinski definition) is 6. The van der Waals surface area contributed by atoms with E-state index in [9.17, 15) is 8.42 Å². The third kappa shape index (κ3) is 4.44. The van der Waals surface area contributed by atoms with Gasteiger partial charge in [0.15, 0.2) is 5.82 Å². The molecule has 1 unspecified atom stereocenters. The normalized spacial score (nSPS) is 17.5. The van der Waals surface area contributed by atoms with Crippen LogP contribution in [0, 0.1) is 0 Å². The van der Waals surface area contributed by atoms with Crippen LogP contribution >= 0.6 is 12.4 Å². The van der Waals surface area contributed by atoms with Crippen LogP contribution in [0.2, 0.25) is 0 Å². The van der Waals surface area contributed by atoms with Gasteiger partial charge in [-0.15, -0.1) is 12.4 Å². The van der Waals surface area contributed by atoms with E-state index in [4.69, 9.17) is 4.74 Å². The number of nitrogens with one attached hydrogen (secondary N) is 2. The highest BCUT2D eigenvalue weighted by atomic mass is 35.5. The van der Waals surface area contributed by atoms with E-state index in [-0.39, 0.29) is 30.0 Å². The van der Waals surface area contributed by atoms with Crippen molar-refractivity contribution in [3.63, 3.8) is 0 Å². The molecule has 0 radical (unpaired) electrons. The van der Waals surface area contributed by atoms with Crippen LogP contribution in [0.5, 0.6) is 5.75 Å². The van der Waals surface area contributed by atoms with E-state index >= 15 is 0 Å². The zero-order chi connectivity index (χ0) is 16.3. The van der Waals surface area contributed by atoms with E-state index in [0.29, 0.717) is 18.1 Å². The van der Waals surface area contributed by atoms with Crippen molar-refractivity contribution < 1.29 is 13.2 Å². The number of benzene rings is 1. The lowest BCUT2D eigenvalue weighted by Gasteiger charge is -2.12. The molecule has 1 aromatic heterocycles. The quantitative estimate of drug-likeness (QED) is 0.763. The molecule has 0 bridgehead atoms. The summed E-state index contributed by atoms with van der Waals surface area (Å²) in [6, 6.07) is 6.30. The zero-order valence-corrected chi connectivity index (χ0v) is 14.8. The van der Waals surface area contributed by atoms with Crippen LogP contribution in [0.25, 0.3) is 0 Å². The summed E-state index contributed by atoms with van der Waals surface area (Å²) < 4.78 is 34.5. The molecule has 2 N–H and O–H groups in total. The van der Waals surface area contributed by atoms with Gasteiger partial charge in [0.2, 0.25) is 10.0 Å². The lowest BCUT2D eigenvalue weighted by molar-refractivity contribution is 0.289. The number of aryl methyl sites for hydroxylation is 1. The summed E-state index contributed by atoms with van der Waals surface area (Å²) in [4.78, 5) is 4.29. The van der Waals surface area contributed by atoms with Crippen molar-refractivity contribution in [1.82, 2.24) is 24.8 Å². The second kappa shape index (κ2) is 7.93. The average Bonchev–Trinajstić information content (AvgIpc) is 3.17. The van der Waals surface area contributed by atoms with Crippen LogP contribution in [-0.4, -0.2) is 42.3 Å². The molecular formula is C14H20ClN5O3S. The van der Waals surface area contributed by atoms with Crippen molar-refractivity contribution in [3.8, 4) is 5.75 Å². The Labute approximate surface area is 147 Å². The SMILES string of the molecule is Cl.Cn1ncnc1COc1ccc(S(=O)(=O)NC2CCNC2)cc1. The van der Waals surface area contributed by atoms with E-state index in [1.54, 1.807) is 23.9 Å². The van der Waals surface area contributed by atoms with Gasteiger partial charge in [-0.05, 0) is 37.2 Å². The van der Waals surface area contributed by atoms with Crippen LogP contribution in [-0.2, 0) is 23.7 Å². The first-order valence-corrected chi connectivity index (χ1v) is 8.82. The van der Waals surface area contributed by atoms with Crippen molar-refractivity contribution in [2.45, 2.75) is 24.0 Å². The van der Waals surface area contributed by atoms with Crippen molar-refractivity contribution in [2.75, 3.05) is 13.1 Å². The van der Waals surface area contributed by atoms with Gasteiger partial charge in [0.05, 0.1) is 4.90 Å². The Morgan fingerprint density at radius 2 is 2.12 bits per heavy atom. The third-order valence-corrected chi connectivity index (χ3v) is 5.23. The summed E-state index contributed by atoms with van der Waals surface area (Å²) >= 11 is 0. The molecule has 0 saturated carbocycles. The average molecular weight is 374 g/mol. The van der Waals surface area contributed by atoms with E-state index < -0.39 is 10.0 Å². The number of nitrogens with zero attached hydrogens (tertiary/aromatic N) is 3. The number of sulfonamides is 1. The zero-order valence-electron chi connectivity index (χ0n) is 13.2. The molecule has 0 amide bonds. The van der Waals surface area contributed by atoms with Crippen LogP contribution in [0.15, 0.2) is 35.5 Å². The van der Waals surface area contributed by atoms with Crippen molar-refractivity contribution in [1.29, 1.82) is 0 Å². The number of hydrogen-bond donors (Lipinski definition) is 2. The molecular weight excluding hydrogens is 354 g/mol. The Bertz CT molecular complexity index is 757. The number of halogens is 1. The minimum atomic E-state index is -3.50. The molecule has 2 heterocycles. The molecule has 1 aliphatic heterocycles. The van der Waals surface area contributed by atoms with Gasteiger partial charge < -0.3 is 10.1 Å². The molecule has 2 aromatic rings. The molecule has 0 spiro atoms. The van der Waals surface area contributed by atoms with Gasteiger partial charge in [-0.25, -0.2) is 18.1 Å². The minimum Gasteiger partial charge on any atom is -0.486 e. The predicted octanol–water partition coefficient (Wildman–Crippen LogP) is 0.456. The van der Waals surface area contributed by atoms with E-state index in [1.165, 1.54) is 18.5 Å². The number of aromatic nitrogens is 3. The largest absolute Gasteiger partial charge is 0.486 e. The monoisotopic (exact) mass is 373 g/mol. The van der Waals surface area contributed by atoms with E-state index in [1.807, 2.05) is 0 Å². The van der Waals surface area contributed by atoms with Crippen molar-refractivity contribution in [3.05, 3.63) is 36.4 Å². The Morgan fingerprint density at radius 3 is 2.71 bits per heavy atom. The molecule has 1 atom stereocenters. The fraction of sp³-hybridized carbons (Fsp3) is 0.429. The summed E-state index contributed by atoms with van der Waals surface area (Å²) in [6.07, 6.45) is 2.26. The first-order chi connectivity index (χ1) is 11.0. The Hall–Kier alpha value is -1.68. The second-order valence-corrected chi connectivity index (χ2v) is 7.08. The van der Waals surface area contributed by atoms with Gasteiger partial charge in [-0.2, -0.15) is 5.10 Å². The Morgan fingerprint density at radius 1 is 1.38 bits per heavy atom. The number of ether oxygens (including phenoxy) is 1. The lowest BCUT2D eigenvalue weighted by atomic mass is 10.3. The lowest BCUT2D eigenvalue weighted by Crippen LogP contribution is -2.36. The van der Waals surface area contributed by atoms with Crippen LogP contribution < -0.4 is 14.8 Å². The highest BCUT2D eigenvalue weighted by Crippen LogP contribution is 2.17. The maximum Gasteiger partial charge on any atom is 0.240 e. The number of rotatable bonds is 6. The topological polar surface area (TPSA) is 98.1 Å². The molecule has 1 fully saturated rings. The fourth-order valence-electron chi connectivity index (χ4n) is 2.36. The molecule has 1 aromatic carbocycles. The highest BCUT2D eigenvalue weighted by molar-refractivity contribution is 7.89. The first kappa shape index (κ1) is 18.7. The van der Waals surface area contributed by atoms with Gasteiger partial charge in [0, 0.05) is 19.6 Å². The predicted molar refractivity (Wildman–Crippen MR) is 90.6 cm³/mol. The molecule has 0 aliphatic carbocycles. The van der Waals surface area contributed by atoms with Crippen LogP contribution in [0.4, 0.5) is 0 Å². The summed E-state index contributed by atoms with van der Waals surface area (Å²) in [7, 11) is -1.71. The maximum absolute atomic E-state index is 12.3. The van der Waals surface area contributed by atoms with E-state index in [2.05, 4.69) is 20.1 Å². The van der Waals surface area contributed by atoms with Gasteiger partial charge in [-0.1, -0.05) is 0 Å². The maximum atomic E-state index is 12.3. The summed E-state index contributed by atoms with van der Waals surface area (Å²) in [5.74, 6) is 1.27. The first-order valence-electron chi connectivity index (χ1n) is 7.33. The minimum absolute atomic E-state index is 0. The Kier molecular flexibility index (Phi) is 6.16. The van der Waals surface area contributed by atoms with Gasteiger partial charge in [-0.3, -0.25) is 4.68 Å². The highest BCUT2D eigenvalue weighted by Gasteiger charge is 2.22. The van der Waals surface area contributed by atoms with Gasteiger partial charge >= 0.3 is 0 Å². The third-order valence-electron chi connectivity index (χ3n) is 3.69.